The van der Waals surface area contributed by atoms with E-state index in [0.29, 0.717) is 12.8 Å². The topological polar surface area (TPSA) is 86.8 Å². The summed E-state index contributed by atoms with van der Waals surface area (Å²) in [7, 11) is 0. The summed E-state index contributed by atoms with van der Waals surface area (Å²) in [6, 6.07) is 3.94. The predicted octanol–water partition coefficient (Wildman–Crippen LogP) is 8.47. The van der Waals surface area contributed by atoms with Crippen LogP contribution in [0.5, 0.6) is 11.5 Å². The highest BCUT2D eigenvalue weighted by atomic mass is 35.5. The fourth-order valence-corrected chi connectivity index (χ4v) is 4.14. The molecule has 0 aliphatic carbocycles. The molecule has 0 saturated heterocycles. The summed E-state index contributed by atoms with van der Waals surface area (Å²) in [4.78, 5) is 28.3. The van der Waals surface area contributed by atoms with Crippen molar-refractivity contribution < 1.29 is 32.6 Å². The Morgan fingerprint density at radius 1 is 0.923 bits per heavy atom. The van der Waals surface area contributed by atoms with Gasteiger partial charge < -0.3 is 19.5 Å². The summed E-state index contributed by atoms with van der Waals surface area (Å²) in [5.74, 6) is -0.823. The maximum atomic E-state index is 12.9. The molecule has 39 heavy (non-hydrogen) atoms. The van der Waals surface area contributed by atoms with E-state index < -0.39 is 18.1 Å². The van der Waals surface area contributed by atoms with Crippen LogP contribution < -0.4 is 14.8 Å². The molecule has 0 radical (unpaired) electrons. The van der Waals surface area contributed by atoms with Gasteiger partial charge >= 0.3 is 12.6 Å². The number of rotatable bonds is 16. The fraction of sp³-hybridized carbons (Fsp3) is 0.536. The number of nitrogens with zero attached hydrogens (tertiary/aromatic N) is 1. The number of halogens is 4. The number of benzene rings is 1. The Bertz CT molecular complexity index is 1060. The second-order valence-electron chi connectivity index (χ2n) is 9.99. The lowest BCUT2D eigenvalue weighted by molar-refractivity contribution is -0.154. The molecule has 0 saturated carbocycles. The number of ether oxygens (including phenoxy) is 3. The lowest BCUT2D eigenvalue weighted by Gasteiger charge is -2.19. The Balaban J connectivity index is 1.75. The average molecular weight is 590 g/mol. The van der Waals surface area contributed by atoms with E-state index in [0.717, 1.165) is 44.9 Å². The van der Waals surface area contributed by atoms with Crippen LogP contribution in [0.25, 0.3) is 0 Å². The Hall–Kier alpha value is -2.65. The van der Waals surface area contributed by atoms with Crippen LogP contribution in [-0.2, 0) is 9.53 Å². The third-order valence-corrected chi connectivity index (χ3v) is 6.04. The highest BCUT2D eigenvalue weighted by molar-refractivity contribution is 6.39. The summed E-state index contributed by atoms with van der Waals surface area (Å²) >= 11 is 12.1. The van der Waals surface area contributed by atoms with Crippen LogP contribution in [0.15, 0.2) is 30.6 Å². The molecular formula is C28H36Cl2F2N2O5. The maximum Gasteiger partial charge on any atom is 0.387 e. The highest BCUT2D eigenvalue weighted by Crippen LogP contribution is 2.32. The van der Waals surface area contributed by atoms with Crippen LogP contribution >= 0.6 is 23.2 Å². The number of esters is 1. The molecule has 216 valence electrons. The second kappa shape index (κ2) is 16.5. The minimum atomic E-state index is -3.04. The molecule has 1 N–H and O–H groups in total. The van der Waals surface area contributed by atoms with Crippen LogP contribution in [0.1, 0.15) is 88.9 Å². The van der Waals surface area contributed by atoms with Crippen molar-refractivity contribution >= 4 is 40.8 Å². The molecule has 2 aromatic rings. The van der Waals surface area contributed by atoms with Gasteiger partial charge in [0, 0.05) is 24.4 Å². The van der Waals surface area contributed by atoms with Gasteiger partial charge in [-0.2, -0.15) is 8.78 Å². The monoisotopic (exact) mass is 588 g/mol. The zero-order valence-corrected chi connectivity index (χ0v) is 24.0. The Morgan fingerprint density at radius 3 is 2.10 bits per heavy atom. The minimum Gasteiger partial charge on any atom is -0.490 e. The average Bonchev–Trinajstić information content (AvgIpc) is 2.84. The van der Waals surface area contributed by atoms with Crippen LogP contribution in [-0.4, -0.2) is 35.7 Å². The largest absolute Gasteiger partial charge is 0.490 e. The van der Waals surface area contributed by atoms with E-state index in [1.54, 1.807) is 0 Å². The number of amides is 1. The minimum absolute atomic E-state index is 0.0415. The maximum absolute atomic E-state index is 12.9. The lowest BCUT2D eigenvalue weighted by Crippen LogP contribution is -2.23. The number of hydrogen-bond donors (Lipinski definition) is 1. The van der Waals surface area contributed by atoms with Gasteiger partial charge in [0.2, 0.25) is 0 Å². The van der Waals surface area contributed by atoms with Crippen molar-refractivity contribution in [1.29, 1.82) is 0 Å². The van der Waals surface area contributed by atoms with Gasteiger partial charge in [0.15, 0.2) is 11.5 Å². The number of hydrogen-bond acceptors (Lipinski definition) is 6. The lowest BCUT2D eigenvalue weighted by atomic mass is 10.1. The molecule has 1 heterocycles. The second-order valence-corrected chi connectivity index (χ2v) is 10.8. The first-order valence-electron chi connectivity index (χ1n) is 13.0. The number of nitrogens with one attached hydrogen (secondary N) is 1. The molecule has 0 aliphatic rings. The number of carbonyl (C=O) groups is 2. The number of alkyl halides is 2. The first kappa shape index (κ1) is 32.6. The number of aromatic nitrogens is 1. The molecule has 7 nitrogen and oxygen atoms in total. The van der Waals surface area contributed by atoms with E-state index in [-0.39, 0.29) is 45.4 Å². The van der Waals surface area contributed by atoms with Crippen molar-refractivity contribution in [1.82, 2.24) is 4.98 Å². The van der Waals surface area contributed by atoms with Gasteiger partial charge in [0.05, 0.1) is 22.3 Å². The normalized spacial score (nSPS) is 11.4. The summed E-state index contributed by atoms with van der Waals surface area (Å²) < 4.78 is 41.3. The van der Waals surface area contributed by atoms with Gasteiger partial charge in [-0.05, 0) is 51.8 Å². The van der Waals surface area contributed by atoms with Crippen molar-refractivity contribution in [3.63, 3.8) is 0 Å². The van der Waals surface area contributed by atoms with Gasteiger partial charge in [-0.25, -0.2) is 0 Å². The third kappa shape index (κ3) is 12.8. The summed E-state index contributed by atoms with van der Waals surface area (Å²) in [6.45, 7) is 2.83. The third-order valence-electron chi connectivity index (χ3n) is 5.47. The molecule has 1 aromatic heterocycles. The molecule has 0 spiro atoms. The van der Waals surface area contributed by atoms with E-state index in [1.807, 2.05) is 20.8 Å². The van der Waals surface area contributed by atoms with Crippen LogP contribution in [0.4, 0.5) is 14.5 Å². The van der Waals surface area contributed by atoms with Crippen LogP contribution in [0, 0.1) is 0 Å². The van der Waals surface area contributed by atoms with Crippen molar-refractivity contribution in [3.8, 4) is 11.5 Å². The van der Waals surface area contributed by atoms with E-state index in [2.05, 4.69) is 15.0 Å². The summed E-state index contributed by atoms with van der Waals surface area (Å²) in [5.41, 5.74) is -0.0984. The van der Waals surface area contributed by atoms with Gasteiger partial charge in [-0.1, -0.05) is 61.7 Å². The van der Waals surface area contributed by atoms with Crippen molar-refractivity contribution in [2.24, 2.45) is 0 Å². The molecule has 1 amide bonds. The SMILES string of the molecule is CC(C)(C)OC(=O)CCCCCCCCCCOc1cc(C(=O)Nc2c(Cl)cncc2Cl)ccc1OC(F)F. The summed E-state index contributed by atoms with van der Waals surface area (Å²) in [5, 5.41) is 2.91. The smallest absolute Gasteiger partial charge is 0.387 e. The summed E-state index contributed by atoms with van der Waals surface area (Å²) in [6.07, 6.45) is 10.7. The van der Waals surface area contributed by atoms with Gasteiger partial charge in [-0.3, -0.25) is 14.6 Å². The van der Waals surface area contributed by atoms with E-state index in [1.165, 1.54) is 30.6 Å². The molecule has 0 bridgehead atoms. The van der Waals surface area contributed by atoms with E-state index in [9.17, 15) is 18.4 Å². The Labute approximate surface area is 238 Å². The Kier molecular flexibility index (Phi) is 13.7. The molecule has 0 fully saturated rings. The number of carbonyl (C=O) groups excluding carboxylic acids is 2. The molecule has 2 rings (SSSR count). The number of pyridine rings is 1. The van der Waals surface area contributed by atoms with E-state index in [4.69, 9.17) is 32.7 Å². The van der Waals surface area contributed by atoms with Gasteiger partial charge in [0.1, 0.15) is 5.60 Å². The van der Waals surface area contributed by atoms with Crippen molar-refractivity contribution in [3.05, 3.63) is 46.2 Å². The molecule has 0 atom stereocenters. The highest BCUT2D eigenvalue weighted by Gasteiger charge is 2.17. The van der Waals surface area contributed by atoms with Crippen LogP contribution in [0.2, 0.25) is 10.0 Å². The van der Waals surface area contributed by atoms with Crippen molar-refractivity contribution in [2.45, 2.75) is 90.8 Å². The first-order chi connectivity index (χ1) is 18.5. The quantitative estimate of drug-likeness (QED) is 0.156. The zero-order chi connectivity index (χ0) is 28.8. The van der Waals surface area contributed by atoms with Crippen molar-refractivity contribution in [2.75, 3.05) is 11.9 Å². The van der Waals surface area contributed by atoms with Gasteiger partial charge in [-0.15, -0.1) is 0 Å². The molecule has 11 heteroatoms. The first-order valence-corrected chi connectivity index (χ1v) is 13.8. The van der Waals surface area contributed by atoms with Crippen LogP contribution in [0.3, 0.4) is 0 Å². The fourth-order valence-electron chi connectivity index (χ4n) is 3.68. The van der Waals surface area contributed by atoms with E-state index >= 15 is 0 Å². The molecule has 0 unspecified atom stereocenters. The molecular weight excluding hydrogens is 553 g/mol. The molecule has 1 aromatic carbocycles. The standard InChI is InChI=1S/C28H36Cl2F2N2O5/c1-28(2,3)39-24(35)12-10-8-6-4-5-7-9-11-15-37-23-16-19(13-14-22(23)38-27(31)32)26(36)34-25-20(29)17-33-18-21(25)30/h13-14,16-18,27H,4-12,15H2,1-3H3,(H,33,34,36). The Morgan fingerprint density at radius 2 is 1.51 bits per heavy atom. The molecule has 0 aliphatic heterocycles. The number of anilines is 1. The van der Waals surface area contributed by atoms with Gasteiger partial charge in [0.25, 0.3) is 5.91 Å². The predicted molar refractivity (Wildman–Crippen MR) is 148 cm³/mol. The number of unbranched alkanes of at least 4 members (excludes halogenated alkanes) is 7. The zero-order valence-electron chi connectivity index (χ0n) is 22.5.